The van der Waals surface area contributed by atoms with Crippen molar-refractivity contribution in [1.29, 1.82) is 0 Å². The van der Waals surface area contributed by atoms with Gasteiger partial charge in [-0.15, -0.1) is 0 Å². The predicted molar refractivity (Wildman–Crippen MR) is 132 cm³/mol. The van der Waals surface area contributed by atoms with E-state index in [-0.39, 0.29) is 24.2 Å². The van der Waals surface area contributed by atoms with Crippen molar-refractivity contribution in [3.8, 4) is 0 Å². The van der Waals surface area contributed by atoms with E-state index in [0.29, 0.717) is 25.7 Å². The molecule has 1 aromatic rings. The largest absolute Gasteiger partial charge is 0.445 e. The molecule has 0 spiro atoms. The summed E-state index contributed by atoms with van der Waals surface area (Å²) >= 11 is 0. The zero-order valence-corrected chi connectivity index (χ0v) is 21.4. The Morgan fingerprint density at radius 1 is 0.794 bits per heavy atom. The lowest BCUT2D eigenvalue weighted by Crippen LogP contribution is -2.56. The van der Waals surface area contributed by atoms with Gasteiger partial charge < -0.3 is 20.7 Å². The third-order valence-corrected chi connectivity index (χ3v) is 5.25. The van der Waals surface area contributed by atoms with Crippen LogP contribution < -0.4 is 16.0 Å². The number of ketones is 1. The molecule has 0 saturated heterocycles. The molecule has 0 aliphatic carbocycles. The molecule has 1 aromatic carbocycles. The van der Waals surface area contributed by atoms with Gasteiger partial charge >= 0.3 is 6.09 Å². The summed E-state index contributed by atoms with van der Waals surface area (Å²) in [6.07, 6.45) is 1.28. The van der Waals surface area contributed by atoms with Crippen LogP contribution >= 0.6 is 0 Å². The summed E-state index contributed by atoms with van der Waals surface area (Å²) < 4.78 is 5.24. The Kier molecular flexibility index (Phi) is 12.9. The standard InChI is InChI=1S/C26H41N3O5/c1-7-11-21(29-26(33)34-16-20-12-9-8-10-13-20)24(31)28-23(15-18(4)5)25(32)27-22(19(6)30)14-17(2)3/h8-10,12-13,17-18,21-23H,7,11,14-16H2,1-6H3,(H,27,32)(H,28,31)(H,29,33)/t21-,22-,23-/m0/s1. The van der Waals surface area contributed by atoms with E-state index in [4.69, 9.17) is 4.74 Å². The lowest BCUT2D eigenvalue weighted by atomic mass is 9.98. The summed E-state index contributed by atoms with van der Waals surface area (Å²) in [7, 11) is 0. The Labute approximate surface area is 203 Å². The van der Waals surface area contributed by atoms with Crippen molar-refractivity contribution >= 4 is 23.7 Å². The maximum absolute atomic E-state index is 13.0. The van der Waals surface area contributed by atoms with Crippen LogP contribution in [0.1, 0.15) is 72.8 Å². The van der Waals surface area contributed by atoms with Gasteiger partial charge in [-0.05, 0) is 43.6 Å². The zero-order chi connectivity index (χ0) is 25.7. The maximum atomic E-state index is 13.0. The fourth-order valence-corrected chi connectivity index (χ4v) is 3.51. The Bertz CT molecular complexity index is 795. The molecule has 3 amide bonds. The van der Waals surface area contributed by atoms with Gasteiger partial charge in [0.1, 0.15) is 18.7 Å². The van der Waals surface area contributed by atoms with Gasteiger partial charge in [-0.2, -0.15) is 0 Å². The minimum Gasteiger partial charge on any atom is -0.445 e. The molecule has 0 aliphatic heterocycles. The summed E-state index contributed by atoms with van der Waals surface area (Å²) in [6, 6.07) is 6.99. The zero-order valence-electron chi connectivity index (χ0n) is 21.4. The number of hydrogen-bond donors (Lipinski definition) is 3. The van der Waals surface area contributed by atoms with E-state index in [9.17, 15) is 19.2 Å². The van der Waals surface area contributed by atoms with E-state index in [2.05, 4.69) is 16.0 Å². The van der Waals surface area contributed by atoms with Crippen molar-refractivity contribution in [2.24, 2.45) is 11.8 Å². The Balaban J connectivity index is 2.82. The molecule has 0 aromatic heterocycles. The van der Waals surface area contributed by atoms with Gasteiger partial charge in [0.15, 0.2) is 5.78 Å². The van der Waals surface area contributed by atoms with E-state index in [1.807, 2.05) is 65.0 Å². The molecule has 0 bridgehead atoms. The molecular formula is C26H41N3O5. The number of nitrogens with one attached hydrogen (secondary N) is 3. The van der Waals surface area contributed by atoms with Gasteiger partial charge in [0, 0.05) is 0 Å². The maximum Gasteiger partial charge on any atom is 0.408 e. The van der Waals surface area contributed by atoms with Crippen molar-refractivity contribution in [2.75, 3.05) is 0 Å². The Morgan fingerprint density at radius 3 is 1.85 bits per heavy atom. The third-order valence-electron chi connectivity index (χ3n) is 5.25. The van der Waals surface area contributed by atoms with E-state index < -0.39 is 36.0 Å². The van der Waals surface area contributed by atoms with E-state index in [1.54, 1.807) is 0 Å². The number of carbonyl (C=O) groups is 4. The van der Waals surface area contributed by atoms with Gasteiger partial charge in [-0.3, -0.25) is 14.4 Å². The van der Waals surface area contributed by atoms with Crippen LogP contribution in [0.3, 0.4) is 0 Å². The van der Waals surface area contributed by atoms with E-state index >= 15 is 0 Å². The molecule has 3 atom stereocenters. The molecule has 1 rings (SSSR count). The number of alkyl carbamates (subject to hydrolysis) is 1. The number of Topliss-reactive ketones (excluding diaryl/α,β-unsaturated/α-hetero) is 1. The molecule has 3 N–H and O–H groups in total. The second kappa shape index (κ2) is 15.1. The third kappa shape index (κ3) is 11.3. The predicted octanol–water partition coefficient (Wildman–Crippen LogP) is 3.73. The molecule has 0 unspecified atom stereocenters. The highest BCUT2D eigenvalue weighted by atomic mass is 16.5. The number of rotatable bonds is 14. The topological polar surface area (TPSA) is 114 Å². The number of ether oxygens (including phenoxy) is 1. The van der Waals surface area contributed by atoms with Crippen molar-refractivity contribution in [3.05, 3.63) is 35.9 Å². The van der Waals surface area contributed by atoms with Crippen LogP contribution in [0.5, 0.6) is 0 Å². The molecule has 0 heterocycles. The highest BCUT2D eigenvalue weighted by Gasteiger charge is 2.29. The molecule has 0 radical (unpaired) electrons. The summed E-state index contributed by atoms with van der Waals surface area (Å²) in [6.45, 7) is 11.3. The van der Waals surface area contributed by atoms with Crippen LogP contribution in [-0.2, 0) is 25.7 Å². The van der Waals surface area contributed by atoms with Crippen molar-refractivity contribution < 1.29 is 23.9 Å². The van der Waals surface area contributed by atoms with Crippen molar-refractivity contribution in [3.63, 3.8) is 0 Å². The Morgan fingerprint density at radius 2 is 1.32 bits per heavy atom. The monoisotopic (exact) mass is 475 g/mol. The van der Waals surface area contributed by atoms with Gasteiger partial charge in [-0.1, -0.05) is 71.4 Å². The lowest BCUT2D eigenvalue weighted by molar-refractivity contribution is -0.132. The van der Waals surface area contributed by atoms with Crippen molar-refractivity contribution in [1.82, 2.24) is 16.0 Å². The highest BCUT2D eigenvalue weighted by Crippen LogP contribution is 2.10. The average Bonchev–Trinajstić information content (AvgIpc) is 2.76. The molecule has 0 aliphatic rings. The van der Waals surface area contributed by atoms with Gasteiger partial charge in [0.05, 0.1) is 6.04 Å². The van der Waals surface area contributed by atoms with E-state index in [0.717, 1.165) is 5.56 Å². The molecule has 0 saturated carbocycles. The van der Waals surface area contributed by atoms with Crippen LogP contribution in [-0.4, -0.2) is 41.8 Å². The lowest BCUT2D eigenvalue weighted by Gasteiger charge is -2.26. The first-order chi connectivity index (χ1) is 16.0. The van der Waals surface area contributed by atoms with Crippen molar-refractivity contribution in [2.45, 2.75) is 92.0 Å². The Hall–Kier alpha value is -2.90. The van der Waals surface area contributed by atoms with Gasteiger partial charge in [-0.25, -0.2) is 4.79 Å². The second-order valence-corrected chi connectivity index (χ2v) is 9.54. The summed E-state index contributed by atoms with van der Waals surface area (Å²) in [5.74, 6) is -0.617. The van der Waals surface area contributed by atoms with Crippen LogP contribution in [0, 0.1) is 11.8 Å². The fraction of sp³-hybridized carbons (Fsp3) is 0.615. The quantitative estimate of drug-likeness (QED) is 0.379. The highest BCUT2D eigenvalue weighted by molar-refractivity contribution is 5.93. The first-order valence-electron chi connectivity index (χ1n) is 12.1. The molecule has 0 fully saturated rings. The van der Waals surface area contributed by atoms with Gasteiger partial charge in [0.2, 0.25) is 11.8 Å². The van der Waals surface area contributed by atoms with Crippen LogP contribution in [0.2, 0.25) is 0 Å². The van der Waals surface area contributed by atoms with Crippen LogP contribution in [0.25, 0.3) is 0 Å². The summed E-state index contributed by atoms with van der Waals surface area (Å²) in [4.78, 5) is 50.3. The first kappa shape index (κ1) is 29.1. The number of benzene rings is 1. The first-order valence-corrected chi connectivity index (χ1v) is 12.1. The molecule has 8 nitrogen and oxygen atoms in total. The minimum absolute atomic E-state index is 0.0911. The average molecular weight is 476 g/mol. The SMILES string of the molecule is CCC[C@H](NC(=O)OCc1ccccc1)C(=O)N[C@@H](CC(C)C)C(=O)N[C@@H](CC(C)C)C(C)=O. The molecular weight excluding hydrogens is 434 g/mol. The number of amides is 3. The molecule has 34 heavy (non-hydrogen) atoms. The smallest absolute Gasteiger partial charge is 0.408 e. The van der Waals surface area contributed by atoms with E-state index in [1.165, 1.54) is 6.92 Å². The minimum atomic E-state index is -0.838. The van der Waals surface area contributed by atoms with Gasteiger partial charge in [0.25, 0.3) is 0 Å². The van der Waals surface area contributed by atoms with Crippen LogP contribution in [0.4, 0.5) is 4.79 Å². The molecule has 8 heteroatoms. The summed E-state index contributed by atoms with van der Waals surface area (Å²) in [5.41, 5.74) is 0.837. The normalized spacial score (nSPS) is 13.6. The fourth-order valence-electron chi connectivity index (χ4n) is 3.51. The second-order valence-electron chi connectivity index (χ2n) is 9.54. The number of hydrogen-bond acceptors (Lipinski definition) is 5. The summed E-state index contributed by atoms with van der Waals surface area (Å²) in [5, 5.41) is 8.18. The number of carbonyl (C=O) groups excluding carboxylic acids is 4. The molecule has 190 valence electrons. The van der Waals surface area contributed by atoms with Crippen LogP contribution in [0.15, 0.2) is 30.3 Å².